The van der Waals surface area contributed by atoms with Crippen molar-refractivity contribution in [3.8, 4) is 0 Å². The lowest BCUT2D eigenvalue weighted by Crippen LogP contribution is -2.38. The molecule has 1 unspecified atom stereocenters. The van der Waals surface area contributed by atoms with Crippen LogP contribution in [0.4, 0.5) is 0 Å². The minimum absolute atomic E-state index is 0.601. The molecule has 2 nitrogen and oxygen atoms in total. The summed E-state index contributed by atoms with van der Waals surface area (Å²) in [5, 5.41) is 3.76. The van der Waals surface area contributed by atoms with Crippen LogP contribution < -0.4 is 5.32 Å². The summed E-state index contributed by atoms with van der Waals surface area (Å²) >= 11 is 0. The van der Waals surface area contributed by atoms with E-state index in [1.165, 1.54) is 37.7 Å². The van der Waals surface area contributed by atoms with Crippen LogP contribution in [0.15, 0.2) is 24.5 Å². The number of nitrogens with zero attached hydrogens (tertiary/aromatic N) is 1. The first kappa shape index (κ1) is 16.2. The third kappa shape index (κ3) is 6.20. The summed E-state index contributed by atoms with van der Waals surface area (Å²) in [7, 11) is 0. The second kappa shape index (κ2) is 9.96. The van der Waals surface area contributed by atoms with Crippen LogP contribution in [0.1, 0.15) is 58.4 Å². The molecule has 0 amide bonds. The molecule has 1 aromatic heterocycles. The Morgan fingerprint density at radius 3 is 2.37 bits per heavy atom. The second-order valence-electron chi connectivity index (χ2n) is 5.46. The summed E-state index contributed by atoms with van der Waals surface area (Å²) in [6, 6.07) is 4.84. The van der Waals surface area contributed by atoms with E-state index >= 15 is 0 Å². The van der Waals surface area contributed by atoms with Crippen molar-refractivity contribution in [2.24, 2.45) is 5.92 Å². The van der Waals surface area contributed by atoms with Crippen molar-refractivity contribution in [3.05, 3.63) is 30.1 Å². The predicted molar refractivity (Wildman–Crippen MR) is 83.3 cm³/mol. The molecule has 1 rings (SSSR count). The molecule has 0 fully saturated rings. The highest BCUT2D eigenvalue weighted by atomic mass is 14.9. The highest BCUT2D eigenvalue weighted by molar-refractivity contribution is 5.10. The zero-order valence-electron chi connectivity index (χ0n) is 12.9. The van der Waals surface area contributed by atoms with Crippen molar-refractivity contribution in [1.82, 2.24) is 10.3 Å². The number of rotatable bonds is 10. The van der Waals surface area contributed by atoms with Crippen LogP contribution in [-0.2, 0) is 6.42 Å². The molecule has 0 aliphatic heterocycles. The van der Waals surface area contributed by atoms with Crippen LogP contribution in [0.3, 0.4) is 0 Å². The van der Waals surface area contributed by atoms with E-state index in [0.29, 0.717) is 6.04 Å². The summed E-state index contributed by atoms with van der Waals surface area (Å²) in [6.07, 6.45) is 11.4. The Kier molecular flexibility index (Phi) is 8.48. The maximum absolute atomic E-state index is 4.24. The van der Waals surface area contributed by atoms with Gasteiger partial charge in [0.1, 0.15) is 0 Å². The number of pyridine rings is 1. The first-order valence-corrected chi connectivity index (χ1v) is 7.94. The Balaban J connectivity index is 2.67. The van der Waals surface area contributed by atoms with Gasteiger partial charge in [0.2, 0.25) is 0 Å². The van der Waals surface area contributed by atoms with E-state index in [0.717, 1.165) is 18.9 Å². The molecule has 2 heteroatoms. The van der Waals surface area contributed by atoms with Crippen molar-refractivity contribution in [3.63, 3.8) is 0 Å². The standard InChI is InChI=1S/C17H30N2/c1-4-8-16(9-5-2)17(19-11-6-3)13-15-10-7-12-18-14-15/h7,10,12,14,16-17,19H,4-6,8-9,11,13H2,1-3H3. The van der Waals surface area contributed by atoms with Gasteiger partial charge >= 0.3 is 0 Å². The first-order chi connectivity index (χ1) is 9.31. The molecule has 108 valence electrons. The molecular formula is C17H30N2. The van der Waals surface area contributed by atoms with Gasteiger partial charge in [0.05, 0.1) is 0 Å². The molecule has 0 aliphatic rings. The third-order valence-corrected chi connectivity index (χ3v) is 3.72. The largest absolute Gasteiger partial charge is 0.313 e. The molecule has 0 aromatic carbocycles. The van der Waals surface area contributed by atoms with E-state index in [9.17, 15) is 0 Å². The van der Waals surface area contributed by atoms with Gasteiger partial charge in [-0.15, -0.1) is 0 Å². The highest BCUT2D eigenvalue weighted by Crippen LogP contribution is 2.21. The van der Waals surface area contributed by atoms with Crippen LogP contribution in [0, 0.1) is 5.92 Å². The Morgan fingerprint density at radius 1 is 1.11 bits per heavy atom. The quantitative estimate of drug-likeness (QED) is 0.683. The fraction of sp³-hybridized carbons (Fsp3) is 0.706. The maximum Gasteiger partial charge on any atom is 0.0300 e. The number of aromatic nitrogens is 1. The summed E-state index contributed by atoms with van der Waals surface area (Å²) in [5.41, 5.74) is 1.35. The Morgan fingerprint density at radius 2 is 1.84 bits per heavy atom. The van der Waals surface area contributed by atoms with E-state index < -0.39 is 0 Å². The molecule has 1 aromatic rings. The zero-order chi connectivity index (χ0) is 13.9. The fourth-order valence-corrected chi connectivity index (χ4v) is 2.80. The van der Waals surface area contributed by atoms with Crippen molar-refractivity contribution in [2.75, 3.05) is 6.54 Å². The van der Waals surface area contributed by atoms with Gasteiger partial charge in [0, 0.05) is 18.4 Å². The summed E-state index contributed by atoms with van der Waals surface area (Å²) < 4.78 is 0. The Bertz CT molecular complexity index is 304. The van der Waals surface area contributed by atoms with Crippen LogP contribution in [0.25, 0.3) is 0 Å². The van der Waals surface area contributed by atoms with Crippen molar-refractivity contribution >= 4 is 0 Å². The van der Waals surface area contributed by atoms with Crippen LogP contribution >= 0.6 is 0 Å². The van der Waals surface area contributed by atoms with Gasteiger partial charge in [0.15, 0.2) is 0 Å². The molecule has 0 saturated heterocycles. The fourth-order valence-electron chi connectivity index (χ4n) is 2.80. The molecule has 19 heavy (non-hydrogen) atoms. The number of hydrogen-bond acceptors (Lipinski definition) is 2. The first-order valence-electron chi connectivity index (χ1n) is 7.94. The minimum atomic E-state index is 0.601. The molecule has 0 saturated carbocycles. The van der Waals surface area contributed by atoms with Gasteiger partial charge < -0.3 is 5.32 Å². The molecule has 0 radical (unpaired) electrons. The Hall–Kier alpha value is -0.890. The van der Waals surface area contributed by atoms with E-state index in [4.69, 9.17) is 0 Å². The lowest BCUT2D eigenvalue weighted by Gasteiger charge is -2.28. The van der Waals surface area contributed by atoms with E-state index in [2.05, 4.69) is 37.1 Å². The highest BCUT2D eigenvalue weighted by Gasteiger charge is 2.19. The van der Waals surface area contributed by atoms with Gasteiger partial charge in [0.25, 0.3) is 0 Å². The summed E-state index contributed by atoms with van der Waals surface area (Å²) in [5.74, 6) is 0.793. The van der Waals surface area contributed by atoms with E-state index in [1.807, 2.05) is 18.5 Å². The third-order valence-electron chi connectivity index (χ3n) is 3.72. The molecule has 1 atom stereocenters. The molecule has 0 aliphatic carbocycles. The molecule has 0 spiro atoms. The van der Waals surface area contributed by atoms with E-state index in [-0.39, 0.29) is 0 Å². The van der Waals surface area contributed by atoms with Gasteiger partial charge in [-0.1, -0.05) is 39.7 Å². The van der Waals surface area contributed by atoms with Crippen LogP contribution in [-0.4, -0.2) is 17.6 Å². The molecule has 1 N–H and O–H groups in total. The predicted octanol–water partition coefficient (Wildman–Crippen LogP) is 4.21. The summed E-state index contributed by atoms with van der Waals surface area (Å²) in [6.45, 7) is 7.95. The molecule has 1 heterocycles. The van der Waals surface area contributed by atoms with E-state index in [1.54, 1.807) is 0 Å². The topological polar surface area (TPSA) is 24.9 Å². The molecule has 0 bridgehead atoms. The van der Waals surface area contributed by atoms with Crippen LogP contribution in [0.5, 0.6) is 0 Å². The lowest BCUT2D eigenvalue weighted by atomic mass is 9.87. The maximum atomic E-state index is 4.24. The zero-order valence-corrected chi connectivity index (χ0v) is 12.9. The van der Waals surface area contributed by atoms with Gasteiger partial charge in [-0.3, -0.25) is 4.98 Å². The normalized spacial score (nSPS) is 12.8. The van der Waals surface area contributed by atoms with Crippen molar-refractivity contribution in [2.45, 2.75) is 65.3 Å². The molecular weight excluding hydrogens is 232 g/mol. The lowest BCUT2D eigenvalue weighted by molar-refractivity contribution is 0.308. The smallest absolute Gasteiger partial charge is 0.0300 e. The monoisotopic (exact) mass is 262 g/mol. The number of nitrogens with one attached hydrogen (secondary N) is 1. The van der Waals surface area contributed by atoms with Crippen molar-refractivity contribution < 1.29 is 0 Å². The summed E-state index contributed by atoms with van der Waals surface area (Å²) in [4.78, 5) is 4.24. The SMILES string of the molecule is CCCNC(Cc1cccnc1)C(CCC)CCC. The number of hydrogen-bond donors (Lipinski definition) is 1. The second-order valence-corrected chi connectivity index (χ2v) is 5.46. The average Bonchev–Trinajstić information content (AvgIpc) is 2.44. The van der Waals surface area contributed by atoms with Gasteiger partial charge in [-0.2, -0.15) is 0 Å². The Labute approximate surface area is 119 Å². The van der Waals surface area contributed by atoms with Crippen LogP contribution in [0.2, 0.25) is 0 Å². The average molecular weight is 262 g/mol. The van der Waals surface area contributed by atoms with Crippen molar-refractivity contribution in [1.29, 1.82) is 0 Å². The van der Waals surface area contributed by atoms with Gasteiger partial charge in [-0.25, -0.2) is 0 Å². The van der Waals surface area contributed by atoms with Gasteiger partial charge in [-0.05, 0) is 49.8 Å². The minimum Gasteiger partial charge on any atom is -0.313 e.